The number of ether oxygens (including phenoxy) is 1. The smallest absolute Gasteiger partial charge is 0.328 e. The van der Waals surface area contributed by atoms with Crippen molar-refractivity contribution in [3.8, 4) is 0 Å². The number of amides is 4. The van der Waals surface area contributed by atoms with Crippen LogP contribution in [0.3, 0.4) is 0 Å². The maximum Gasteiger partial charge on any atom is 0.328 e. The molecule has 2 aliphatic heterocycles. The number of rotatable bonds is 10. The molecule has 3 rings (SSSR count). The predicted octanol–water partition coefficient (Wildman–Crippen LogP) is 0.612. The number of urea groups is 1. The summed E-state index contributed by atoms with van der Waals surface area (Å²) < 4.78 is 4.91. The summed E-state index contributed by atoms with van der Waals surface area (Å²) in [7, 11) is 2.94. The highest BCUT2D eigenvalue weighted by Gasteiger charge is 2.40. The number of carbonyl (C=O) groups excluding carboxylic acids is 4. The summed E-state index contributed by atoms with van der Waals surface area (Å²) in [5.41, 5.74) is 0.821. The van der Waals surface area contributed by atoms with E-state index in [4.69, 9.17) is 10.6 Å². The fraction of sp³-hybridized carbons (Fsp3) is 0.607. The van der Waals surface area contributed by atoms with E-state index in [1.807, 2.05) is 30.3 Å². The van der Waals surface area contributed by atoms with Crippen LogP contribution < -0.4 is 21.8 Å². The lowest BCUT2D eigenvalue weighted by Crippen LogP contribution is -2.60. The Morgan fingerprint density at radius 1 is 1.12 bits per heavy atom. The molecule has 12 heteroatoms. The van der Waals surface area contributed by atoms with Crippen LogP contribution in [-0.4, -0.2) is 98.3 Å². The average molecular weight is 558 g/mol. The van der Waals surface area contributed by atoms with Gasteiger partial charge in [0.2, 0.25) is 11.8 Å². The van der Waals surface area contributed by atoms with Crippen molar-refractivity contribution >= 4 is 30.0 Å². The minimum absolute atomic E-state index is 0.0627. The van der Waals surface area contributed by atoms with Gasteiger partial charge in [0, 0.05) is 45.4 Å². The second-order valence-corrected chi connectivity index (χ2v) is 10.4. The van der Waals surface area contributed by atoms with Crippen LogP contribution in [0.5, 0.6) is 0 Å². The lowest BCUT2D eigenvalue weighted by molar-refractivity contribution is -0.143. The molecule has 40 heavy (non-hydrogen) atoms. The van der Waals surface area contributed by atoms with E-state index in [-0.39, 0.29) is 24.3 Å². The number of carbonyl (C=O) groups is 4. The van der Waals surface area contributed by atoms with Gasteiger partial charge >= 0.3 is 12.0 Å². The monoisotopic (exact) mass is 557 g/mol. The highest BCUT2D eigenvalue weighted by atomic mass is 16.5. The number of hydrazone groups is 1. The third-order valence-corrected chi connectivity index (χ3v) is 7.60. The molecule has 1 aromatic carbocycles. The highest BCUT2D eigenvalue weighted by molar-refractivity contribution is 6.02. The molecule has 0 bridgehead atoms. The van der Waals surface area contributed by atoms with Crippen LogP contribution in [0.25, 0.3) is 0 Å². The molecule has 2 aliphatic rings. The summed E-state index contributed by atoms with van der Waals surface area (Å²) >= 11 is 0. The van der Waals surface area contributed by atoms with Crippen LogP contribution in [0.4, 0.5) is 4.79 Å². The van der Waals surface area contributed by atoms with Gasteiger partial charge in [-0.1, -0.05) is 43.2 Å². The zero-order valence-electron chi connectivity index (χ0n) is 23.5. The predicted molar refractivity (Wildman–Crippen MR) is 151 cm³/mol. The SMILES string of the molecule is COC(=O)[C@H](Cc1ccccc1)NC(=O)NC(C(=O)N1CCCCCC1)[C@@H](C=NN)C(=O)N(C)[C@H]1CCCNC1. The molecule has 2 fully saturated rings. The van der Waals surface area contributed by atoms with Crippen molar-refractivity contribution in [2.24, 2.45) is 16.9 Å². The summed E-state index contributed by atoms with van der Waals surface area (Å²) in [6, 6.07) is 6.08. The number of benzene rings is 1. The molecule has 0 spiro atoms. The maximum atomic E-state index is 13.9. The van der Waals surface area contributed by atoms with Crippen molar-refractivity contribution in [1.82, 2.24) is 25.8 Å². The van der Waals surface area contributed by atoms with Crippen LogP contribution in [0.1, 0.15) is 44.1 Å². The number of likely N-dealkylation sites (N-methyl/N-ethyl adjacent to an activating group) is 1. The zero-order chi connectivity index (χ0) is 28.9. The molecule has 0 radical (unpaired) electrons. The first-order valence-corrected chi connectivity index (χ1v) is 14.0. The molecule has 220 valence electrons. The summed E-state index contributed by atoms with van der Waals surface area (Å²) in [6.07, 6.45) is 6.84. The molecular formula is C28H43N7O5. The second kappa shape index (κ2) is 15.8. The molecular weight excluding hydrogens is 514 g/mol. The first-order chi connectivity index (χ1) is 19.3. The van der Waals surface area contributed by atoms with E-state index in [9.17, 15) is 19.2 Å². The molecule has 0 aliphatic carbocycles. The molecule has 1 aromatic rings. The molecule has 12 nitrogen and oxygen atoms in total. The van der Waals surface area contributed by atoms with E-state index in [1.165, 1.54) is 13.3 Å². The fourth-order valence-electron chi connectivity index (χ4n) is 5.28. The van der Waals surface area contributed by atoms with E-state index in [1.54, 1.807) is 16.8 Å². The molecule has 5 N–H and O–H groups in total. The standard InChI is InChI=1S/C28H43N7O5/c1-34(21-13-10-14-30-18-21)25(36)22(19-31-29)24(26(37)35-15-8-3-4-9-16-35)33-28(39)32-23(27(38)40-2)17-20-11-6-5-7-12-20/h5-7,11-12,19,21-24,30H,3-4,8-10,13-18,29H2,1-2H3,(H2,32,33,39)/t21-,22+,23-,24?/m0/s1. The molecule has 1 unspecified atom stereocenters. The molecule has 4 amide bonds. The Balaban J connectivity index is 1.85. The number of likely N-dealkylation sites (tertiary alicyclic amines) is 1. The Bertz CT molecular complexity index is 1010. The topological polar surface area (TPSA) is 158 Å². The Kier molecular flexibility index (Phi) is 12.2. The number of piperidine rings is 1. The Hall–Kier alpha value is -3.67. The van der Waals surface area contributed by atoms with Crippen molar-refractivity contribution in [2.45, 2.75) is 63.1 Å². The number of nitrogens with zero attached hydrogens (tertiary/aromatic N) is 3. The summed E-state index contributed by atoms with van der Waals surface area (Å²) in [6.45, 7) is 2.57. The van der Waals surface area contributed by atoms with Gasteiger partial charge in [-0.15, -0.1) is 0 Å². The quantitative estimate of drug-likeness (QED) is 0.142. The average Bonchev–Trinajstić information content (AvgIpc) is 3.28. The highest BCUT2D eigenvalue weighted by Crippen LogP contribution is 2.18. The molecule has 0 saturated carbocycles. The number of hydrogen-bond acceptors (Lipinski definition) is 8. The first kappa shape index (κ1) is 30.9. The van der Waals surface area contributed by atoms with Crippen molar-refractivity contribution < 1.29 is 23.9 Å². The molecule has 2 saturated heterocycles. The van der Waals surface area contributed by atoms with Crippen LogP contribution in [0.15, 0.2) is 35.4 Å². The summed E-state index contributed by atoms with van der Waals surface area (Å²) in [4.78, 5) is 56.8. The molecule has 0 aromatic heterocycles. The lowest BCUT2D eigenvalue weighted by atomic mass is 9.95. The van der Waals surface area contributed by atoms with Crippen LogP contribution in [-0.2, 0) is 25.5 Å². The summed E-state index contributed by atoms with van der Waals surface area (Å²) in [5, 5.41) is 12.2. The van der Waals surface area contributed by atoms with E-state index >= 15 is 0 Å². The number of esters is 1. The van der Waals surface area contributed by atoms with E-state index < -0.39 is 30.0 Å². The first-order valence-electron chi connectivity index (χ1n) is 14.0. The van der Waals surface area contributed by atoms with E-state index in [0.717, 1.165) is 50.6 Å². The van der Waals surface area contributed by atoms with Gasteiger partial charge in [0.15, 0.2) is 0 Å². The Labute approximate surface area is 236 Å². The van der Waals surface area contributed by atoms with Gasteiger partial charge < -0.3 is 36.3 Å². The maximum absolute atomic E-state index is 13.9. The normalized spacial score (nSPS) is 20.1. The van der Waals surface area contributed by atoms with Crippen molar-refractivity contribution in [3.05, 3.63) is 35.9 Å². The second-order valence-electron chi connectivity index (χ2n) is 10.4. The third-order valence-electron chi connectivity index (χ3n) is 7.60. The number of methoxy groups -OCH3 is 1. The zero-order valence-corrected chi connectivity index (χ0v) is 23.5. The Morgan fingerprint density at radius 2 is 1.82 bits per heavy atom. The van der Waals surface area contributed by atoms with Crippen molar-refractivity contribution in [1.29, 1.82) is 0 Å². The number of nitrogens with two attached hydrogens (primary N) is 1. The summed E-state index contributed by atoms with van der Waals surface area (Å²) in [5.74, 6) is 2.99. The number of nitrogens with one attached hydrogen (secondary N) is 3. The van der Waals surface area contributed by atoms with Gasteiger partial charge in [0.25, 0.3) is 0 Å². The van der Waals surface area contributed by atoms with Gasteiger partial charge in [0.1, 0.15) is 18.0 Å². The van der Waals surface area contributed by atoms with Gasteiger partial charge in [-0.2, -0.15) is 5.10 Å². The van der Waals surface area contributed by atoms with E-state index in [0.29, 0.717) is 19.6 Å². The number of hydrogen-bond donors (Lipinski definition) is 4. The van der Waals surface area contributed by atoms with E-state index in [2.05, 4.69) is 21.1 Å². The largest absolute Gasteiger partial charge is 0.467 e. The Morgan fingerprint density at radius 3 is 2.42 bits per heavy atom. The minimum atomic E-state index is -1.27. The minimum Gasteiger partial charge on any atom is -0.467 e. The molecule has 4 atom stereocenters. The fourth-order valence-corrected chi connectivity index (χ4v) is 5.28. The van der Waals surface area contributed by atoms with Gasteiger partial charge in [-0.25, -0.2) is 9.59 Å². The van der Waals surface area contributed by atoms with Gasteiger partial charge in [-0.3, -0.25) is 9.59 Å². The molecule has 2 heterocycles. The van der Waals surface area contributed by atoms with Crippen LogP contribution in [0, 0.1) is 5.92 Å². The lowest BCUT2D eigenvalue weighted by Gasteiger charge is -2.36. The van der Waals surface area contributed by atoms with Crippen molar-refractivity contribution in [2.75, 3.05) is 40.3 Å². The van der Waals surface area contributed by atoms with Crippen molar-refractivity contribution in [3.63, 3.8) is 0 Å². The van der Waals surface area contributed by atoms with Gasteiger partial charge in [0.05, 0.1) is 7.11 Å². The van der Waals surface area contributed by atoms with Crippen LogP contribution in [0.2, 0.25) is 0 Å². The van der Waals surface area contributed by atoms with Gasteiger partial charge in [-0.05, 0) is 37.8 Å². The third kappa shape index (κ3) is 8.67. The van der Waals surface area contributed by atoms with Crippen LogP contribution >= 0.6 is 0 Å².